The maximum Gasteiger partial charge on any atom is 0.249 e. The highest BCUT2D eigenvalue weighted by molar-refractivity contribution is 6.01. The van der Waals surface area contributed by atoms with Gasteiger partial charge in [-0.1, -0.05) is 13.5 Å². The Kier molecular flexibility index (Phi) is 8.79. The summed E-state index contributed by atoms with van der Waals surface area (Å²) in [6, 6.07) is 6.57. The van der Waals surface area contributed by atoms with Gasteiger partial charge in [0.25, 0.3) is 0 Å². The first-order valence-electron chi connectivity index (χ1n) is 10.8. The van der Waals surface area contributed by atoms with Crippen LogP contribution in [-0.4, -0.2) is 65.5 Å². The van der Waals surface area contributed by atoms with E-state index in [0.29, 0.717) is 30.0 Å². The van der Waals surface area contributed by atoms with Crippen molar-refractivity contribution < 1.29 is 28.9 Å². The minimum atomic E-state index is -1.43. The highest BCUT2D eigenvalue weighted by Crippen LogP contribution is 2.22. The Labute approximate surface area is 185 Å². The van der Waals surface area contributed by atoms with E-state index in [4.69, 9.17) is 14.2 Å². The van der Waals surface area contributed by atoms with Crippen LogP contribution in [-0.2, 0) is 14.3 Å². The number of hydrogen-bond acceptors (Lipinski definition) is 6. The smallest absolute Gasteiger partial charge is 0.249 e. The Morgan fingerprint density at radius 2 is 1.90 bits per heavy atom. The Morgan fingerprint density at radius 1 is 1.26 bits per heavy atom. The van der Waals surface area contributed by atoms with Gasteiger partial charge in [-0.3, -0.25) is 9.59 Å². The normalized spacial score (nSPS) is 21.4. The zero-order valence-corrected chi connectivity index (χ0v) is 19.2. The third kappa shape index (κ3) is 7.45. The second-order valence-electron chi connectivity index (χ2n) is 8.57. The van der Waals surface area contributed by atoms with Gasteiger partial charge < -0.3 is 24.2 Å². The van der Waals surface area contributed by atoms with Crippen molar-refractivity contribution in [2.24, 2.45) is 0 Å². The molecule has 0 spiro atoms. The average molecular weight is 434 g/mol. The van der Waals surface area contributed by atoms with Crippen molar-refractivity contribution in [2.45, 2.75) is 71.6 Å². The maximum absolute atomic E-state index is 12.6. The first-order chi connectivity index (χ1) is 14.5. The molecule has 1 heterocycles. The van der Waals surface area contributed by atoms with Crippen LogP contribution in [0.5, 0.6) is 5.75 Å². The lowest BCUT2D eigenvalue weighted by molar-refractivity contribution is -0.243. The molecule has 1 fully saturated rings. The summed E-state index contributed by atoms with van der Waals surface area (Å²) in [5, 5.41) is 9.85. The van der Waals surface area contributed by atoms with Crippen LogP contribution in [0.25, 0.3) is 0 Å². The van der Waals surface area contributed by atoms with Gasteiger partial charge in [-0.2, -0.15) is 0 Å². The molecular weight excluding hydrogens is 398 g/mol. The highest BCUT2D eigenvalue weighted by Gasteiger charge is 2.29. The third-order valence-corrected chi connectivity index (χ3v) is 5.10. The molecule has 3 atom stereocenters. The van der Waals surface area contributed by atoms with Crippen molar-refractivity contribution in [3.63, 3.8) is 0 Å². The van der Waals surface area contributed by atoms with E-state index in [2.05, 4.69) is 13.5 Å². The minimum absolute atomic E-state index is 0.0758. The summed E-state index contributed by atoms with van der Waals surface area (Å²) in [6.07, 6.45) is 1.46. The van der Waals surface area contributed by atoms with Crippen LogP contribution in [0.2, 0.25) is 0 Å². The second-order valence-corrected chi connectivity index (χ2v) is 8.57. The number of carbonyl (C=O) groups excluding carboxylic acids is 2. The summed E-state index contributed by atoms with van der Waals surface area (Å²) in [4.78, 5) is 26.3. The van der Waals surface area contributed by atoms with E-state index in [1.165, 1.54) is 13.8 Å². The van der Waals surface area contributed by atoms with Crippen LogP contribution in [0.3, 0.4) is 0 Å². The third-order valence-electron chi connectivity index (χ3n) is 5.10. The molecule has 0 radical (unpaired) electrons. The number of amides is 1. The first kappa shape index (κ1) is 25.0. The lowest BCUT2D eigenvalue weighted by atomic mass is 9.97. The summed E-state index contributed by atoms with van der Waals surface area (Å²) >= 11 is 0. The monoisotopic (exact) mass is 433 g/mol. The predicted molar refractivity (Wildman–Crippen MR) is 118 cm³/mol. The van der Waals surface area contributed by atoms with Crippen LogP contribution in [0, 0.1) is 0 Å². The molecule has 0 aromatic heterocycles. The number of Topliss-reactive ketones (excluding diaryl/α,β-unsaturated/α-hetero) is 1. The van der Waals surface area contributed by atoms with E-state index in [1.54, 1.807) is 36.1 Å². The Morgan fingerprint density at radius 3 is 2.45 bits per heavy atom. The van der Waals surface area contributed by atoms with E-state index in [0.717, 1.165) is 12.8 Å². The number of benzene rings is 1. The Balaban J connectivity index is 1.95. The molecule has 1 aliphatic rings. The van der Waals surface area contributed by atoms with Gasteiger partial charge in [0.2, 0.25) is 5.91 Å². The van der Waals surface area contributed by atoms with Gasteiger partial charge in [0.15, 0.2) is 12.1 Å². The van der Waals surface area contributed by atoms with Gasteiger partial charge in [0, 0.05) is 11.1 Å². The lowest BCUT2D eigenvalue weighted by Crippen LogP contribution is -2.46. The number of hydrogen-bond donors (Lipinski definition) is 1. The van der Waals surface area contributed by atoms with E-state index in [-0.39, 0.29) is 30.5 Å². The van der Waals surface area contributed by atoms with Crippen molar-refractivity contribution in [3.8, 4) is 5.75 Å². The molecule has 0 bridgehead atoms. The fourth-order valence-corrected chi connectivity index (χ4v) is 3.39. The number of carbonyl (C=O) groups is 2. The molecule has 1 amide bonds. The standard InChI is InChI=1S/C24H35NO6/c1-7-19-14-17(4)30-21(31-19)15-25(23(27)16(2)3)12-13-29-20-10-8-18(9-11-20)22(26)24(5,6)28/h8-11,17,19,21,28H,2,7,12-15H2,1,3-6H3. The summed E-state index contributed by atoms with van der Waals surface area (Å²) in [5.74, 6) is 0.0393. The van der Waals surface area contributed by atoms with Gasteiger partial charge in [-0.15, -0.1) is 0 Å². The Bertz CT molecular complexity index is 767. The molecule has 0 aliphatic carbocycles. The SMILES string of the molecule is C=C(C)C(=O)N(CCOc1ccc(C(=O)C(C)(C)O)cc1)CC1OC(C)CC(CC)O1. The second kappa shape index (κ2) is 10.9. The van der Waals surface area contributed by atoms with Crippen LogP contribution in [0.15, 0.2) is 36.4 Å². The van der Waals surface area contributed by atoms with Crippen LogP contribution in [0.1, 0.15) is 57.8 Å². The summed E-state index contributed by atoms with van der Waals surface area (Å²) in [5.41, 5.74) is -0.584. The van der Waals surface area contributed by atoms with Crippen LogP contribution < -0.4 is 4.74 Å². The van der Waals surface area contributed by atoms with E-state index in [9.17, 15) is 14.7 Å². The van der Waals surface area contributed by atoms with Gasteiger partial charge >= 0.3 is 0 Å². The van der Waals surface area contributed by atoms with Crippen molar-refractivity contribution in [3.05, 3.63) is 42.0 Å². The molecule has 172 valence electrons. The van der Waals surface area contributed by atoms with Crippen molar-refractivity contribution in [1.82, 2.24) is 4.90 Å². The maximum atomic E-state index is 12.6. The van der Waals surface area contributed by atoms with E-state index in [1.807, 2.05) is 6.92 Å². The van der Waals surface area contributed by atoms with Crippen LogP contribution in [0.4, 0.5) is 0 Å². The largest absolute Gasteiger partial charge is 0.492 e. The summed E-state index contributed by atoms with van der Waals surface area (Å²) in [6.45, 7) is 13.3. The molecule has 1 N–H and O–H groups in total. The first-order valence-corrected chi connectivity index (χ1v) is 10.8. The zero-order chi connectivity index (χ0) is 23.2. The van der Waals surface area contributed by atoms with Crippen LogP contribution >= 0.6 is 0 Å². The fraction of sp³-hybridized carbons (Fsp3) is 0.583. The Hall–Kier alpha value is -2.22. The molecule has 31 heavy (non-hydrogen) atoms. The van der Waals surface area contributed by atoms with E-state index >= 15 is 0 Å². The molecule has 1 aliphatic heterocycles. The summed E-state index contributed by atoms with van der Waals surface area (Å²) < 4.78 is 17.6. The molecule has 7 heteroatoms. The van der Waals surface area contributed by atoms with Gasteiger partial charge in [-0.05, 0) is 64.8 Å². The molecule has 3 unspecified atom stereocenters. The summed E-state index contributed by atoms with van der Waals surface area (Å²) in [7, 11) is 0. The molecule has 0 saturated carbocycles. The number of nitrogens with zero attached hydrogens (tertiary/aromatic N) is 1. The molecule has 7 nitrogen and oxygen atoms in total. The molecule has 2 rings (SSSR count). The number of ether oxygens (including phenoxy) is 3. The minimum Gasteiger partial charge on any atom is -0.492 e. The molecule has 1 aromatic carbocycles. The molecule has 1 aromatic rings. The lowest BCUT2D eigenvalue weighted by Gasteiger charge is -2.36. The zero-order valence-electron chi connectivity index (χ0n) is 19.2. The van der Waals surface area contributed by atoms with Gasteiger partial charge in [0.1, 0.15) is 18.0 Å². The number of aliphatic hydroxyl groups is 1. The predicted octanol–water partition coefficient (Wildman–Crippen LogP) is 3.35. The quantitative estimate of drug-likeness (QED) is 0.450. The van der Waals surface area contributed by atoms with Crippen molar-refractivity contribution in [2.75, 3.05) is 19.7 Å². The highest BCUT2D eigenvalue weighted by atomic mass is 16.7. The number of ketones is 1. The fourth-order valence-electron chi connectivity index (χ4n) is 3.39. The number of rotatable bonds is 10. The van der Waals surface area contributed by atoms with Crippen molar-refractivity contribution in [1.29, 1.82) is 0 Å². The topological polar surface area (TPSA) is 85.3 Å². The van der Waals surface area contributed by atoms with E-state index < -0.39 is 11.9 Å². The van der Waals surface area contributed by atoms with Gasteiger partial charge in [0.05, 0.1) is 25.3 Å². The molecular formula is C24H35NO6. The van der Waals surface area contributed by atoms with Crippen molar-refractivity contribution >= 4 is 11.7 Å². The average Bonchev–Trinajstić information content (AvgIpc) is 2.71. The van der Waals surface area contributed by atoms with Gasteiger partial charge in [-0.25, -0.2) is 0 Å². The molecule has 1 saturated heterocycles.